The van der Waals surface area contributed by atoms with Gasteiger partial charge in [0.15, 0.2) is 11.6 Å². The van der Waals surface area contributed by atoms with E-state index in [4.69, 9.17) is 0 Å². The fourth-order valence-corrected chi connectivity index (χ4v) is 2.75. The molecular formula is C14H18N6S. The highest BCUT2D eigenvalue weighted by molar-refractivity contribution is 7.98. The van der Waals surface area contributed by atoms with E-state index in [0.717, 1.165) is 49.3 Å². The largest absolute Gasteiger partial charge is 0.353 e. The average Bonchev–Trinajstić information content (AvgIpc) is 2.82. The van der Waals surface area contributed by atoms with Crippen molar-refractivity contribution in [3.63, 3.8) is 0 Å². The van der Waals surface area contributed by atoms with Gasteiger partial charge < -0.3 is 9.80 Å². The second-order valence-corrected chi connectivity index (χ2v) is 5.67. The maximum Gasteiger partial charge on any atom is 0.151 e. The Morgan fingerprint density at radius 1 is 0.905 bits per heavy atom. The first-order chi connectivity index (χ1) is 10.4. The van der Waals surface area contributed by atoms with Crippen LogP contribution in [0.2, 0.25) is 0 Å². The third-order valence-corrected chi connectivity index (χ3v) is 4.17. The van der Waals surface area contributed by atoms with E-state index < -0.39 is 0 Å². The zero-order chi connectivity index (χ0) is 14.5. The van der Waals surface area contributed by atoms with Crippen molar-refractivity contribution in [2.24, 2.45) is 0 Å². The van der Waals surface area contributed by atoms with Gasteiger partial charge in [-0.3, -0.25) is 0 Å². The van der Waals surface area contributed by atoms with Crippen molar-refractivity contribution in [1.29, 1.82) is 0 Å². The van der Waals surface area contributed by atoms with Gasteiger partial charge in [0, 0.05) is 32.4 Å². The Labute approximate surface area is 128 Å². The lowest BCUT2D eigenvalue weighted by atomic mass is 10.3. The second-order valence-electron chi connectivity index (χ2n) is 4.84. The van der Waals surface area contributed by atoms with E-state index >= 15 is 0 Å². The molecule has 0 bridgehead atoms. The van der Waals surface area contributed by atoms with Crippen molar-refractivity contribution in [2.45, 2.75) is 11.4 Å². The van der Waals surface area contributed by atoms with Crippen LogP contribution in [0.25, 0.3) is 0 Å². The number of thioether (sulfide) groups is 1. The zero-order valence-corrected chi connectivity index (χ0v) is 12.8. The molecule has 3 heterocycles. The van der Waals surface area contributed by atoms with Gasteiger partial charge in [-0.05, 0) is 36.9 Å². The van der Waals surface area contributed by atoms with E-state index in [-0.39, 0.29) is 0 Å². The molecule has 0 N–H and O–H groups in total. The van der Waals surface area contributed by atoms with Crippen LogP contribution in [0, 0.1) is 0 Å². The Hall–Kier alpha value is -1.89. The fourth-order valence-electron chi connectivity index (χ4n) is 2.43. The molecule has 1 fully saturated rings. The van der Waals surface area contributed by atoms with Gasteiger partial charge in [-0.2, -0.15) is 5.10 Å². The normalized spacial score (nSPS) is 15.9. The Morgan fingerprint density at radius 3 is 2.24 bits per heavy atom. The van der Waals surface area contributed by atoms with Crippen LogP contribution >= 0.6 is 11.8 Å². The van der Waals surface area contributed by atoms with E-state index in [0.29, 0.717) is 0 Å². The summed E-state index contributed by atoms with van der Waals surface area (Å²) in [5.74, 6) is 1.90. The van der Waals surface area contributed by atoms with Gasteiger partial charge in [-0.15, -0.1) is 27.1 Å². The van der Waals surface area contributed by atoms with Crippen molar-refractivity contribution in [3.05, 3.63) is 30.5 Å². The molecule has 1 saturated heterocycles. The van der Waals surface area contributed by atoms with Gasteiger partial charge in [0.2, 0.25) is 0 Å². The van der Waals surface area contributed by atoms with Crippen molar-refractivity contribution < 1.29 is 0 Å². The fraction of sp³-hybridized carbons (Fsp3) is 0.429. The first kappa shape index (κ1) is 14.1. The third kappa shape index (κ3) is 3.41. The molecule has 1 aliphatic heterocycles. The average molecular weight is 302 g/mol. The molecule has 110 valence electrons. The summed E-state index contributed by atoms with van der Waals surface area (Å²) in [5.41, 5.74) is 0. The van der Waals surface area contributed by atoms with Crippen LogP contribution in [0.1, 0.15) is 6.42 Å². The maximum absolute atomic E-state index is 4.32. The van der Waals surface area contributed by atoms with Crippen LogP contribution in [0.4, 0.5) is 11.6 Å². The predicted octanol–water partition coefficient (Wildman–Crippen LogP) is 1.71. The molecule has 0 spiro atoms. The number of aromatic nitrogens is 4. The van der Waals surface area contributed by atoms with Crippen molar-refractivity contribution in [3.8, 4) is 0 Å². The lowest BCUT2D eigenvalue weighted by Crippen LogP contribution is -2.31. The monoisotopic (exact) mass is 302 g/mol. The molecule has 0 amide bonds. The molecule has 2 aromatic rings. The minimum absolute atomic E-state index is 0.921. The predicted molar refractivity (Wildman–Crippen MR) is 84.9 cm³/mol. The third-order valence-electron chi connectivity index (χ3n) is 3.54. The lowest BCUT2D eigenvalue weighted by molar-refractivity contribution is 0.775. The quantitative estimate of drug-likeness (QED) is 0.800. The Morgan fingerprint density at radius 2 is 1.67 bits per heavy atom. The standard InChI is InChI=1S/C14H18N6S/c1-21-14-6-5-13(17-18-14)20-9-3-8-19(10-11-20)12-4-2-7-15-16-12/h2,4-7H,3,8-11H2,1H3. The van der Waals surface area contributed by atoms with Gasteiger partial charge in [0.1, 0.15) is 5.03 Å². The molecule has 0 atom stereocenters. The lowest BCUT2D eigenvalue weighted by Gasteiger charge is -2.22. The minimum Gasteiger partial charge on any atom is -0.353 e. The molecule has 2 aromatic heterocycles. The number of nitrogens with zero attached hydrogens (tertiary/aromatic N) is 6. The van der Waals surface area contributed by atoms with Crippen LogP contribution in [-0.4, -0.2) is 52.8 Å². The molecule has 0 saturated carbocycles. The summed E-state index contributed by atoms with van der Waals surface area (Å²) in [6, 6.07) is 8.02. The first-order valence-corrected chi connectivity index (χ1v) is 8.24. The van der Waals surface area contributed by atoms with Crippen LogP contribution in [0.15, 0.2) is 35.5 Å². The van der Waals surface area contributed by atoms with Gasteiger partial charge >= 0.3 is 0 Å². The van der Waals surface area contributed by atoms with E-state index in [1.54, 1.807) is 18.0 Å². The molecule has 0 radical (unpaired) electrons. The summed E-state index contributed by atoms with van der Waals surface area (Å²) in [4.78, 5) is 4.56. The molecule has 0 aliphatic carbocycles. The summed E-state index contributed by atoms with van der Waals surface area (Å²) in [5, 5.41) is 17.6. The highest BCUT2D eigenvalue weighted by Crippen LogP contribution is 2.18. The van der Waals surface area contributed by atoms with Crippen molar-refractivity contribution >= 4 is 23.4 Å². The summed E-state index contributed by atoms with van der Waals surface area (Å²) >= 11 is 1.61. The summed E-state index contributed by atoms with van der Waals surface area (Å²) in [6.45, 7) is 3.82. The zero-order valence-electron chi connectivity index (χ0n) is 12.0. The van der Waals surface area contributed by atoms with Gasteiger partial charge in [-0.25, -0.2) is 0 Å². The Bertz CT molecular complexity index is 561. The van der Waals surface area contributed by atoms with Crippen LogP contribution in [-0.2, 0) is 0 Å². The topological polar surface area (TPSA) is 58.0 Å². The number of hydrogen-bond donors (Lipinski definition) is 0. The Balaban J connectivity index is 1.67. The van der Waals surface area contributed by atoms with E-state index in [1.807, 2.05) is 24.5 Å². The van der Waals surface area contributed by atoms with E-state index in [2.05, 4.69) is 36.3 Å². The van der Waals surface area contributed by atoms with Crippen LogP contribution < -0.4 is 9.80 Å². The molecule has 1 aliphatic rings. The van der Waals surface area contributed by atoms with Crippen LogP contribution in [0.3, 0.4) is 0 Å². The van der Waals surface area contributed by atoms with Gasteiger partial charge in [-0.1, -0.05) is 0 Å². The smallest absolute Gasteiger partial charge is 0.151 e. The van der Waals surface area contributed by atoms with Crippen molar-refractivity contribution in [1.82, 2.24) is 20.4 Å². The summed E-state index contributed by atoms with van der Waals surface area (Å²) in [6.07, 6.45) is 4.79. The molecule has 0 unspecified atom stereocenters. The van der Waals surface area contributed by atoms with E-state index in [1.165, 1.54) is 0 Å². The van der Waals surface area contributed by atoms with Crippen LogP contribution in [0.5, 0.6) is 0 Å². The summed E-state index contributed by atoms with van der Waals surface area (Å²) < 4.78 is 0. The molecule has 6 nitrogen and oxygen atoms in total. The maximum atomic E-state index is 4.32. The Kier molecular flexibility index (Phi) is 4.49. The first-order valence-electron chi connectivity index (χ1n) is 7.02. The second kappa shape index (κ2) is 6.71. The van der Waals surface area contributed by atoms with E-state index in [9.17, 15) is 0 Å². The number of hydrogen-bond acceptors (Lipinski definition) is 7. The SMILES string of the molecule is CSc1ccc(N2CCCN(c3cccnn3)CC2)nn1. The molecule has 0 aromatic carbocycles. The molecule has 21 heavy (non-hydrogen) atoms. The highest BCUT2D eigenvalue weighted by atomic mass is 32.2. The van der Waals surface area contributed by atoms with Gasteiger partial charge in [0.05, 0.1) is 0 Å². The molecule has 3 rings (SSSR count). The van der Waals surface area contributed by atoms with Crippen molar-refractivity contribution in [2.75, 3.05) is 42.2 Å². The minimum atomic E-state index is 0.921. The number of rotatable bonds is 3. The highest BCUT2D eigenvalue weighted by Gasteiger charge is 2.17. The molecular weight excluding hydrogens is 284 g/mol. The summed E-state index contributed by atoms with van der Waals surface area (Å²) in [7, 11) is 0. The number of anilines is 2. The van der Waals surface area contributed by atoms with Gasteiger partial charge in [0.25, 0.3) is 0 Å². The molecule has 7 heteroatoms.